The molecule has 0 radical (unpaired) electrons. The number of carboxylic acids is 1. The Morgan fingerprint density at radius 1 is 1.00 bits per heavy atom. The smallest absolute Gasteiger partial charge is 0.303 e. The molecule has 152 valence electrons. The number of carbonyl (C=O) groups is 2. The van der Waals surface area contributed by atoms with E-state index in [1.54, 1.807) is 0 Å². The van der Waals surface area contributed by atoms with Crippen LogP contribution in [0, 0.1) is 0 Å². The summed E-state index contributed by atoms with van der Waals surface area (Å²) in [4.78, 5) is 22.8. The van der Waals surface area contributed by atoms with Crippen molar-refractivity contribution < 1.29 is 14.7 Å². The summed E-state index contributed by atoms with van der Waals surface area (Å²) >= 11 is 0. The van der Waals surface area contributed by atoms with Crippen LogP contribution in [0.1, 0.15) is 26.2 Å². The van der Waals surface area contributed by atoms with Crippen molar-refractivity contribution in [3.05, 3.63) is 0 Å². The molecular weight excluding hydrogens is 338 g/mol. The number of hydrogen-bond donors (Lipinski definition) is 8. The highest BCUT2D eigenvalue weighted by Crippen LogP contribution is 2.03. The van der Waals surface area contributed by atoms with Gasteiger partial charge in [-0.1, -0.05) is 0 Å². The summed E-state index contributed by atoms with van der Waals surface area (Å²) in [5.41, 5.74) is 10.9. The van der Waals surface area contributed by atoms with Gasteiger partial charge in [-0.05, 0) is 13.3 Å². The largest absolute Gasteiger partial charge is 0.481 e. The first-order valence-corrected chi connectivity index (χ1v) is 9.19. The summed E-state index contributed by atoms with van der Waals surface area (Å²) < 4.78 is 0. The molecule has 0 aliphatic carbocycles. The molecule has 0 aromatic rings. The number of nitrogens with one attached hydrogen (secondary N) is 5. The number of amides is 1. The van der Waals surface area contributed by atoms with Crippen molar-refractivity contribution in [1.29, 1.82) is 0 Å². The first-order chi connectivity index (χ1) is 12.3. The fraction of sp³-hybridized carbons (Fsp3) is 0.875. The molecule has 0 spiro atoms. The van der Waals surface area contributed by atoms with E-state index in [0.717, 1.165) is 19.6 Å². The lowest BCUT2D eigenvalue weighted by molar-refractivity contribution is -0.137. The van der Waals surface area contributed by atoms with E-state index in [0.29, 0.717) is 32.6 Å². The van der Waals surface area contributed by atoms with E-state index in [9.17, 15) is 9.59 Å². The van der Waals surface area contributed by atoms with Crippen LogP contribution < -0.4 is 38.1 Å². The van der Waals surface area contributed by atoms with Crippen LogP contribution in [-0.2, 0) is 9.59 Å². The van der Waals surface area contributed by atoms with Crippen molar-refractivity contribution in [2.75, 3.05) is 52.4 Å². The Labute approximate surface area is 155 Å². The molecule has 0 saturated carbocycles. The third kappa shape index (κ3) is 8.39. The van der Waals surface area contributed by atoms with Gasteiger partial charge in [0.15, 0.2) is 0 Å². The molecule has 1 saturated heterocycles. The van der Waals surface area contributed by atoms with Crippen molar-refractivity contribution in [3.63, 3.8) is 0 Å². The molecule has 0 aromatic carbocycles. The third-order valence-corrected chi connectivity index (χ3v) is 4.53. The van der Waals surface area contributed by atoms with E-state index >= 15 is 0 Å². The highest BCUT2D eigenvalue weighted by Gasteiger charge is 2.30. The second-order valence-electron chi connectivity index (χ2n) is 7.05. The molecule has 26 heavy (non-hydrogen) atoms. The Bertz CT molecular complexity index is 452. The van der Waals surface area contributed by atoms with E-state index < -0.39 is 11.6 Å². The number of nitrogens with two attached hydrogens (primary N) is 2. The minimum Gasteiger partial charge on any atom is -0.481 e. The lowest BCUT2D eigenvalue weighted by Crippen LogP contribution is -2.69. The van der Waals surface area contributed by atoms with Crippen LogP contribution in [-0.4, -0.2) is 80.5 Å². The van der Waals surface area contributed by atoms with Gasteiger partial charge in [0.05, 0.1) is 0 Å². The minimum atomic E-state index is -0.904. The van der Waals surface area contributed by atoms with Gasteiger partial charge in [-0.25, -0.2) is 0 Å². The number of rotatable bonds is 7. The van der Waals surface area contributed by atoms with Crippen LogP contribution in [0.2, 0.25) is 0 Å². The normalized spacial score (nSPS) is 28.6. The van der Waals surface area contributed by atoms with E-state index in [2.05, 4.69) is 33.5 Å². The zero-order chi connectivity index (χ0) is 19.5. The van der Waals surface area contributed by atoms with Gasteiger partial charge in [0.25, 0.3) is 0 Å². The van der Waals surface area contributed by atoms with Gasteiger partial charge in [-0.2, -0.15) is 0 Å². The maximum absolute atomic E-state index is 12.2. The predicted octanol–water partition coefficient (Wildman–Crippen LogP) is -2.90. The SMILES string of the molecule is C[C@@]1(CN)CNCCNC[C@@](CN)(NC(=O)CCCC(=O)O)NCCN1. The Morgan fingerprint density at radius 3 is 2.27 bits per heavy atom. The summed E-state index contributed by atoms with van der Waals surface area (Å²) in [6, 6.07) is 0. The van der Waals surface area contributed by atoms with Crippen LogP contribution in [0.3, 0.4) is 0 Å². The van der Waals surface area contributed by atoms with E-state index in [4.69, 9.17) is 16.6 Å². The molecule has 0 bridgehead atoms. The molecule has 10 N–H and O–H groups in total. The van der Waals surface area contributed by atoms with E-state index in [1.165, 1.54) is 0 Å². The molecule has 1 heterocycles. The van der Waals surface area contributed by atoms with Gasteiger partial charge in [0.2, 0.25) is 5.91 Å². The average molecular weight is 374 g/mol. The third-order valence-electron chi connectivity index (χ3n) is 4.53. The van der Waals surface area contributed by atoms with Crippen molar-refractivity contribution in [2.24, 2.45) is 11.5 Å². The predicted molar refractivity (Wildman–Crippen MR) is 101 cm³/mol. The van der Waals surface area contributed by atoms with Gasteiger partial charge in [-0.3, -0.25) is 14.9 Å². The van der Waals surface area contributed by atoms with Gasteiger partial charge < -0.3 is 37.8 Å². The first-order valence-electron chi connectivity index (χ1n) is 9.19. The van der Waals surface area contributed by atoms with Crippen LogP contribution in [0.5, 0.6) is 0 Å². The Kier molecular flexibility index (Phi) is 9.99. The quantitative estimate of drug-likeness (QED) is 0.233. The van der Waals surface area contributed by atoms with Crippen LogP contribution in [0.25, 0.3) is 0 Å². The number of aliphatic carboxylic acids is 1. The molecule has 1 fully saturated rings. The van der Waals surface area contributed by atoms with Crippen LogP contribution in [0.4, 0.5) is 0 Å². The summed E-state index contributed by atoms with van der Waals surface area (Å²) in [5, 5.41) is 25.1. The second kappa shape index (κ2) is 11.4. The molecule has 2 atom stereocenters. The summed E-state index contributed by atoms with van der Waals surface area (Å²) in [6.07, 6.45) is 0.429. The molecular formula is C16H35N7O3. The highest BCUT2D eigenvalue weighted by atomic mass is 16.4. The maximum Gasteiger partial charge on any atom is 0.303 e. The topological polar surface area (TPSA) is 167 Å². The number of hydrogen-bond acceptors (Lipinski definition) is 8. The highest BCUT2D eigenvalue weighted by molar-refractivity contribution is 5.77. The lowest BCUT2D eigenvalue weighted by Gasteiger charge is -2.37. The Hall–Kier alpha value is -1.30. The maximum atomic E-state index is 12.2. The van der Waals surface area contributed by atoms with Gasteiger partial charge >= 0.3 is 5.97 Å². The summed E-state index contributed by atoms with van der Waals surface area (Å²) in [5.74, 6) is -1.12. The summed E-state index contributed by atoms with van der Waals surface area (Å²) in [7, 11) is 0. The minimum absolute atomic E-state index is 0.0258. The van der Waals surface area contributed by atoms with Gasteiger partial charge in [-0.15, -0.1) is 0 Å². The zero-order valence-electron chi connectivity index (χ0n) is 15.7. The van der Waals surface area contributed by atoms with E-state index in [-0.39, 0.29) is 30.8 Å². The molecule has 10 nitrogen and oxygen atoms in total. The molecule has 0 unspecified atom stereocenters. The fourth-order valence-corrected chi connectivity index (χ4v) is 2.79. The average Bonchev–Trinajstić information content (AvgIpc) is 2.60. The van der Waals surface area contributed by atoms with Crippen molar-refractivity contribution in [2.45, 2.75) is 37.4 Å². The van der Waals surface area contributed by atoms with Gasteiger partial charge in [0, 0.05) is 70.7 Å². The number of carboxylic acid groups (broad SMARTS) is 1. The van der Waals surface area contributed by atoms with Gasteiger partial charge in [0.1, 0.15) is 5.66 Å². The fourth-order valence-electron chi connectivity index (χ4n) is 2.79. The molecule has 1 rings (SSSR count). The number of carbonyl (C=O) groups excluding carboxylic acids is 1. The standard InChI is InChI=1S/C16H35N7O3/c1-15(9-17)11-19-5-6-20-12-16(10-18,22-8-7-21-15)23-13(24)3-2-4-14(25)26/h19-22H,2-12,17-18H2,1H3,(H,23,24)(H,25,26)/t15-,16-/m1/s1. The Balaban J connectivity index is 2.64. The lowest BCUT2D eigenvalue weighted by atomic mass is 10.0. The van der Waals surface area contributed by atoms with E-state index in [1.807, 2.05) is 0 Å². The molecule has 1 aliphatic heterocycles. The second-order valence-corrected chi connectivity index (χ2v) is 7.05. The monoisotopic (exact) mass is 373 g/mol. The van der Waals surface area contributed by atoms with Crippen molar-refractivity contribution in [3.8, 4) is 0 Å². The Morgan fingerprint density at radius 2 is 1.65 bits per heavy atom. The molecule has 10 heteroatoms. The molecule has 0 aromatic heterocycles. The van der Waals surface area contributed by atoms with Crippen molar-refractivity contribution in [1.82, 2.24) is 26.6 Å². The molecule has 1 aliphatic rings. The van der Waals surface area contributed by atoms with Crippen LogP contribution in [0.15, 0.2) is 0 Å². The summed E-state index contributed by atoms with van der Waals surface area (Å²) in [6.45, 7) is 6.80. The zero-order valence-corrected chi connectivity index (χ0v) is 15.7. The first kappa shape index (κ1) is 22.7. The van der Waals surface area contributed by atoms with Crippen molar-refractivity contribution >= 4 is 11.9 Å². The van der Waals surface area contributed by atoms with Crippen LogP contribution >= 0.6 is 0 Å². The molecule has 1 amide bonds.